The summed E-state index contributed by atoms with van der Waals surface area (Å²) in [5.74, 6) is -3.16. The summed E-state index contributed by atoms with van der Waals surface area (Å²) in [6.07, 6.45) is 0.586. The minimum Gasteiger partial charge on any atom is -0.497 e. The molecule has 0 aromatic heterocycles. The Labute approximate surface area is 231 Å². The molecule has 2 aliphatic rings. The van der Waals surface area contributed by atoms with Gasteiger partial charge in [-0.25, -0.2) is 13.2 Å². The molecule has 5 nitrogen and oxygen atoms in total. The minimum absolute atomic E-state index is 0.0844. The molecule has 3 aromatic carbocycles. The van der Waals surface area contributed by atoms with Crippen molar-refractivity contribution in [2.24, 2.45) is 11.3 Å². The number of fused-ring (bicyclic) bond motifs is 2. The molecule has 8 heteroatoms. The fraction of sp³-hybridized carbons (Fsp3) is 0.406. The maximum absolute atomic E-state index is 15.7. The Hall–Kier alpha value is -3.52. The summed E-state index contributed by atoms with van der Waals surface area (Å²) in [6.45, 7) is 5.95. The van der Waals surface area contributed by atoms with Crippen molar-refractivity contribution >= 4 is 5.97 Å². The van der Waals surface area contributed by atoms with E-state index >= 15 is 8.78 Å². The Morgan fingerprint density at radius 2 is 1.80 bits per heavy atom. The van der Waals surface area contributed by atoms with E-state index in [1.165, 1.54) is 13.2 Å². The Morgan fingerprint density at radius 1 is 1.05 bits per heavy atom. The molecule has 3 atom stereocenters. The molecule has 1 fully saturated rings. The zero-order valence-electron chi connectivity index (χ0n) is 23.2. The number of aliphatic carboxylic acids is 1. The second kappa shape index (κ2) is 10.1. The monoisotopic (exact) mass is 554 g/mol. The normalized spacial score (nSPS) is 20.4. The number of carboxylic acids is 1. The number of halogens is 3. The van der Waals surface area contributed by atoms with Gasteiger partial charge in [0.05, 0.1) is 19.1 Å². The average molecular weight is 555 g/mol. The molecule has 40 heavy (non-hydrogen) atoms. The van der Waals surface area contributed by atoms with E-state index < -0.39 is 40.9 Å². The lowest BCUT2D eigenvalue weighted by molar-refractivity contribution is -0.139. The van der Waals surface area contributed by atoms with Crippen molar-refractivity contribution in [2.75, 3.05) is 14.2 Å². The molecular formula is C32H33F3O5. The van der Waals surface area contributed by atoms with Gasteiger partial charge in [0.1, 0.15) is 24.0 Å². The summed E-state index contributed by atoms with van der Waals surface area (Å²) in [5.41, 5.74) is 1.50. The smallest absolute Gasteiger partial charge is 0.307 e. The zero-order chi connectivity index (χ0) is 29.0. The first-order valence-corrected chi connectivity index (χ1v) is 13.3. The van der Waals surface area contributed by atoms with Crippen molar-refractivity contribution in [3.8, 4) is 22.6 Å². The lowest BCUT2D eigenvalue weighted by Crippen LogP contribution is -2.21. The van der Waals surface area contributed by atoms with Gasteiger partial charge in [-0.1, -0.05) is 32.9 Å². The number of ether oxygens (including phenoxy) is 3. The number of carboxylic acid groups (broad SMARTS) is 1. The Bertz CT molecular complexity index is 1480. The summed E-state index contributed by atoms with van der Waals surface area (Å²) in [6, 6.07) is 10.9. The van der Waals surface area contributed by atoms with E-state index in [0.717, 1.165) is 6.07 Å². The summed E-state index contributed by atoms with van der Waals surface area (Å²) < 4.78 is 62.7. The molecule has 1 saturated carbocycles. The lowest BCUT2D eigenvalue weighted by Gasteiger charge is -2.32. The van der Waals surface area contributed by atoms with Gasteiger partial charge in [0, 0.05) is 29.7 Å². The third kappa shape index (κ3) is 4.72. The molecule has 0 unspecified atom stereocenters. The van der Waals surface area contributed by atoms with Crippen molar-refractivity contribution < 1.29 is 37.3 Å². The van der Waals surface area contributed by atoms with Gasteiger partial charge in [0.2, 0.25) is 0 Å². The molecule has 0 radical (unpaired) electrons. The highest BCUT2D eigenvalue weighted by Crippen LogP contribution is 2.63. The first kappa shape index (κ1) is 28.0. The minimum atomic E-state index is -0.995. The molecule has 0 saturated heterocycles. The predicted octanol–water partition coefficient (Wildman–Crippen LogP) is 7.38. The van der Waals surface area contributed by atoms with Crippen molar-refractivity contribution in [1.82, 2.24) is 0 Å². The molecule has 3 aromatic rings. The van der Waals surface area contributed by atoms with Gasteiger partial charge in [0.15, 0.2) is 11.6 Å². The molecule has 212 valence electrons. The number of hydrogen-bond acceptors (Lipinski definition) is 4. The molecule has 5 rings (SSSR count). The van der Waals surface area contributed by atoms with Crippen molar-refractivity contribution in [3.63, 3.8) is 0 Å². The van der Waals surface area contributed by atoms with Crippen LogP contribution in [-0.4, -0.2) is 25.3 Å². The van der Waals surface area contributed by atoms with E-state index in [4.69, 9.17) is 14.2 Å². The topological polar surface area (TPSA) is 65.0 Å². The quantitative estimate of drug-likeness (QED) is 0.315. The van der Waals surface area contributed by atoms with Crippen LogP contribution in [0.5, 0.6) is 11.5 Å². The van der Waals surface area contributed by atoms with Crippen LogP contribution in [0.4, 0.5) is 13.2 Å². The Morgan fingerprint density at radius 3 is 2.42 bits per heavy atom. The first-order chi connectivity index (χ1) is 18.9. The van der Waals surface area contributed by atoms with Crippen LogP contribution in [0, 0.1) is 28.8 Å². The number of hydrogen-bond donors (Lipinski definition) is 1. The predicted molar refractivity (Wildman–Crippen MR) is 144 cm³/mol. The molecule has 1 N–H and O–H groups in total. The summed E-state index contributed by atoms with van der Waals surface area (Å²) in [7, 11) is 3.10. The van der Waals surface area contributed by atoms with E-state index in [2.05, 4.69) is 0 Å². The summed E-state index contributed by atoms with van der Waals surface area (Å²) in [5, 5.41) is 9.50. The van der Waals surface area contributed by atoms with Crippen LogP contribution < -0.4 is 9.47 Å². The van der Waals surface area contributed by atoms with Gasteiger partial charge in [-0.05, 0) is 71.2 Å². The van der Waals surface area contributed by atoms with Crippen LogP contribution in [0.25, 0.3) is 11.1 Å². The third-order valence-electron chi connectivity index (χ3n) is 8.25. The standard InChI is InChI=1S/C32H33F3O5/c1-31(2,3)29(39-5)22-12-17(6-8-19(22)21-13-18(38-4)7-9-24(21)33)16-40-26-14-25(34)20-10-11-32(27(20)28(26)35)15-23(32)30(36)37/h6-9,12-14,23,29H,10-11,15-16H2,1-5H3,(H,36,37)/t23-,29-,32+/m0/s1. The molecule has 1 spiro atoms. The number of benzene rings is 3. The summed E-state index contributed by atoms with van der Waals surface area (Å²) >= 11 is 0. The van der Waals surface area contributed by atoms with Gasteiger partial charge in [-0.2, -0.15) is 0 Å². The highest BCUT2D eigenvalue weighted by Gasteiger charge is 2.63. The zero-order valence-corrected chi connectivity index (χ0v) is 23.2. The van der Waals surface area contributed by atoms with Crippen LogP contribution in [-0.2, 0) is 28.0 Å². The van der Waals surface area contributed by atoms with Gasteiger partial charge >= 0.3 is 5.97 Å². The second-order valence-electron chi connectivity index (χ2n) is 11.8. The molecule has 0 aliphatic heterocycles. The number of carbonyl (C=O) groups is 1. The van der Waals surface area contributed by atoms with Crippen LogP contribution in [0.2, 0.25) is 0 Å². The largest absolute Gasteiger partial charge is 0.497 e. The van der Waals surface area contributed by atoms with Gasteiger partial charge in [-0.15, -0.1) is 0 Å². The van der Waals surface area contributed by atoms with E-state index in [0.29, 0.717) is 47.3 Å². The maximum atomic E-state index is 15.7. The van der Waals surface area contributed by atoms with E-state index in [1.807, 2.05) is 26.8 Å². The fourth-order valence-corrected chi connectivity index (χ4v) is 6.27. The lowest BCUT2D eigenvalue weighted by atomic mass is 9.81. The second-order valence-corrected chi connectivity index (χ2v) is 11.8. The van der Waals surface area contributed by atoms with Gasteiger partial charge < -0.3 is 19.3 Å². The SMILES string of the molecule is COc1ccc(F)c(-c2ccc(COc3cc(F)c4c(c3F)[C@]3(CC4)C[C@H]3C(=O)O)cc2[C@H](OC)C(C)(C)C)c1. The fourth-order valence-electron chi connectivity index (χ4n) is 6.27. The van der Waals surface area contributed by atoms with E-state index in [9.17, 15) is 14.3 Å². The van der Waals surface area contributed by atoms with E-state index in [-0.39, 0.29) is 28.9 Å². The highest BCUT2D eigenvalue weighted by atomic mass is 19.1. The van der Waals surface area contributed by atoms with Crippen molar-refractivity contribution in [3.05, 3.63) is 82.2 Å². The number of rotatable bonds is 8. The highest BCUT2D eigenvalue weighted by molar-refractivity contribution is 5.78. The maximum Gasteiger partial charge on any atom is 0.307 e. The number of methoxy groups -OCH3 is 2. The van der Waals surface area contributed by atoms with Gasteiger partial charge in [-0.3, -0.25) is 4.79 Å². The van der Waals surface area contributed by atoms with Crippen LogP contribution in [0.1, 0.15) is 62.0 Å². The van der Waals surface area contributed by atoms with E-state index in [1.54, 1.807) is 31.4 Å². The Balaban J connectivity index is 1.51. The molecule has 0 bridgehead atoms. The third-order valence-corrected chi connectivity index (χ3v) is 8.25. The molecule has 0 heterocycles. The molecule has 0 amide bonds. The van der Waals surface area contributed by atoms with Crippen molar-refractivity contribution in [2.45, 2.75) is 58.2 Å². The van der Waals surface area contributed by atoms with Gasteiger partial charge in [0.25, 0.3) is 0 Å². The first-order valence-electron chi connectivity index (χ1n) is 13.3. The van der Waals surface area contributed by atoms with Crippen LogP contribution >= 0.6 is 0 Å². The van der Waals surface area contributed by atoms with Crippen LogP contribution in [0.15, 0.2) is 42.5 Å². The molecular weight excluding hydrogens is 521 g/mol. The van der Waals surface area contributed by atoms with Crippen molar-refractivity contribution in [1.29, 1.82) is 0 Å². The average Bonchev–Trinajstić information content (AvgIpc) is 3.50. The Kier molecular flexibility index (Phi) is 7.11. The molecule has 2 aliphatic carbocycles. The summed E-state index contributed by atoms with van der Waals surface area (Å²) in [4.78, 5) is 11.6. The van der Waals surface area contributed by atoms with Crippen LogP contribution in [0.3, 0.4) is 0 Å².